The third-order valence-corrected chi connectivity index (χ3v) is 6.34. The first-order chi connectivity index (χ1) is 14.5. The number of aromatic nitrogens is 1. The van der Waals surface area contributed by atoms with Gasteiger partial charge in [-0.15, -0.1) is 0 Å². The van der Waals surface area contributed by atoms with Crippen LogP contribution in [0.15, 0.2) is 59.9 Å². The summed E-state index contributed by atoms with van der Waals surface area (Å²) in [6, 6.07) is 14.2. The molecule has 1 atom stereocenters. The van der Waals surface area contributed by atoms with Gasteiger partial charge in [-0.05, 0) is 53.3 Å². The van der Waals surface area contributed by atoms with E-state index in [-0.39, 0.29) is 23.9 Å². The summed E-state index contributed by atoms with van der Waals surface area (Å²) in [6.07, 6.45) is 3.20. The molecular formula is C25H22N2O3. The summed E-state index contributed by atoms with van der Waals surface area (Å²) < 4.78 is 11.2. The summed E-state index contributed by atoms with van der Waals surface area (Å²) >= 11 is 0. The lowest BCUT2D eigenvalue weighted by molar-refractivity contribution is -0.118. The Balaban J connectivity index is 1.64. The highest BCUT2D eigenvalue weighted by molar-refractivity contribution is 6.04. The number of carbonyl (C=O) groups is 1. The largest absolute Gasteiger partial charge is 0.454 e. The van der Waals surface area contributed by atoms with E-state index < -0.39 is 0 Å². The smallest absolute Gasteiger partial charge is 0.231 e. The fourth-order valence-electron chi connectivity index (χ4n) is 5.11. The molecule has 1 N–H and O–H groups in total. The SMILES string of the molecule is CC1(C)CC(=O)C2=C(C1)Nc1ccc3ncccc3c1C2c1ccc2c(c1)OCO2. The van der Waals surface area contributed by atoms with E-state index in [4.69, 9.17) is 9.47 Å². The number of carbonyl (C=O) groups excluding carboxylic acids is 1. The van der Waals surface area contributed by atoms with E-state index in [0.29, 0.717) is 6.42 Å². The van der Waals surface area contributed by atoms with Crippen LogP contribution in [-0.4, -0.2) is 17.6 Å². The zero-order valence-corrected chi connectivity index (χ0v) is 17.0. The summed E-state index contributed by atoms with van der Waals surface area (Å²) in [7, 11) is 0. The molecule has 6 rings (SSSR count). The minimum atomic E-state index is -0.165. The van der Waals surface area contributed by atoms with Crippen LogP contribution in [0, 0.1) is 5.41 Å². The quantitative estimate of drug-likeness (QED) is 0.613. The summed E-state index contributed by atoms with van der Waals surface area (Å²) in [5.41, 5.74) is 5.97. The molecule has 5 heteroatoms. The van der Waals surface area contributed by atoms with Gasteiger partial charge < -0.3 is 14.8 Å². The number of rotatable bonds is 1. The Labute approximate surface area is 174 Å². The summed E-state index contributed by atoms with van der Waals surface area (Å²) in [4.78, 5) is 18.0. The monoisotopic (exact) mass is 398 g/mol. The third-order valence-electron chi connectivity index (χ3n) is 6.34. The predicted octanol–water partition coefficient (Wildman–Crippen LogP) is 5.16. The van der Waals surface area contributed by atoms with Crippen molar-refractivity contribution in [2.45, 2.75) is 32.6 Å². The lowest BCUT2D eigenvalue weighted by Gasteiger charge is -2.40. The van der Waals surface area contributed by atoms with E-state index in [1.165, 1.54) is 0 Å². The summed E-state index contributed by atoms with van der Waals surface area (Å²) in [5.74, 6) is 1.53. The first-order valence-corrected chi connectivity index (χ1v) is 10.3. The number of ether oxygens (including phenoxy) is 2. The molecule has 3 aromatic rings. The van der Waals surface area contributed by atoms with Crippen molar-refractivity contribution < 1.29 is 14.3 Å². The number of allylic oxidation sites excluding steroid dienone is 2. The topological polar surface area (TPSA) is 60.5 Å². The third kappa shape index (κ3) is 2.54. The van der Waals surface area contributed by atoms with Crippen LogP contribution in [0.5, 0.6) is 11.5 Å². The molecule has 2 aromatic carbocycles. The Bertz CT molecular complexity index is 1260. The number of hydrogen-bond donors (Lipinski definition) is 1. The summed E-state index contributed by atoms with van der Waals surface area (Å²) in [5, 5.41) is 4.67. The molecule has 0 bridgehead atoms. The van der Waals surface area contributed by atoms with Crippen LogP contribution in [0.1, 0.15) is 43.7 Å². The molecule has 5 nitrogen and oxygen atoms in total. The van der Waals surface area contributed by atoms with Crippen LogP contribution in [0.4, 0.5) is 5.69 Å². The minimum absolute atomic E-state index is 0.0573. The van der Waals surface area contributed by atoms with E-state index in [0.717, 1.165) is 56.9 Å². The van der Waals surface area contributed by atoms with Crippen molar-refractivity contribution in [3.8, 4) is 11.5 Å². The number of fused-ring (bicyclic) bond motifs is 4. The maximum atomic E-state index is 13.4. The van der Waals surface area contributed by atoms with E-state index in [1.54, 1.807) is 6.20 Å². The Hall–Kier alpha value is -3.34. The van der Waals surface area contributed by atoms with Gasteiger partial charge in [-0.1, -0.05) is 26.0 Å². The second kappa shape index (κ2) is 6.08. The number of nitrogens with zero attached hydrogens (tertiary/aromatic N) is 1. The van der Waals surface area contributed by atoms with E-state index in [1.807, 2.05) is 24.3 Å². The Morgan fingerprint density at radius 3 is 2.83 bits per heavy atom. The van der Waals surface area contributed by atoms with Crippen LogP contribution in [0.25, 0.3) is 10.9 Å². The predicted molar refractivity (Wildman–Crippen MR) is 115 cm³/mol. The van der Waals surface area contributed by atoms with Gasteiger partial charge in [0.1, 0.15) is 0 Å². The number of pyridine rings is 1. The normalized spacial score (nSPS) is 21.3. The number of anilines is 1. The molecule has 1 aliphatic carbocycles. The standard InChI is InChI=1S/C25H22N2O3/c1-25(2)11-18-24(19(28)12-25)22(14-5-8-20-21(10-14)30-13-29-20)23-15-4-3-9-26-16(15)6-7-17(23)27-18/h3-10,22,27H,11-13H2,1-2H3. The zero-order valence-electron chi connectivity index (χ0n) is 17.0. The second-order valence-electron chi connectivity index (χ2n) is 9.10. The first-order valence-electron chi connectivity index (χ1n) is 10.3. The van der Waals surface area contributed by atoms with E-state index in [2.05, 4.69) is 42.3 Å². The molecule has 1 unspecified atom stereocenters. The van der Waals surface area contributed by atoms with Crippen LogP contribution >= 0.6 is 0 Å². The van der Waals surface area contributed by atoms with Gasteiger partial charge >= 0.3 is 0 Å². The highest BCUT2D eigenvalue weighted by Gasteiger charge is 2.41. The Morgan fingerprint density at radius 1 is 1.07 bits per heavy atom. The number of hydrogen-bond acceptors (Lipinski definition) is 5. The molecule has 0 saturated heterocycles. The molecule has 150 valence electrons. The molecule has 0 spiro atoms. The molecule has 30 heavy (non-hydrogen) atoms. The Morgan fingerprint density at radius 2 is 1.93 bits per heavy atom. The molecule has 0 fully saturated rings. The van der Waals surface area contributed by atoms with Crippen molar-refractivity contribution in [1.29, 1.82) is 0 Å². The summed E-state index contributed by atoms with van der Waals surface area (Å²) in [6.45, 7) is 4.55. The molecule has 0 saturated carbocycles. The lowest BCUT2D eigenvalue weighted by atomic mass is 9.68. The molecule has 2 aliphatic heterocycles. The molecular weight excluding hydrogens is 376 g/mol. The van der Waals surface area contributed by atoms with Gasteiger partial charge in [0.2, 0.25) is 6.79 Å². The molecule has 0 radical (unpaired) electrons. The van der Waals surface area contributed by atoms with Crippen molar-refractivity contribution in [1.82, 2.24) is 4.98 Å². The minimum Gasteiger partial charge on any atom is -0.454 e. The highest BCUT2D eigenvalue weighted by atomic mass is 16.7. The van der Waals surface area contributed by atoms with Gasteiger partial charge in [0.15, 0.2) is 17.3 Å². The molecule has 1 aromatic heterocycles. The van der Waals surface area contributed by atoms with E-state index >= 15 is 0 Å². The van der Waals surface area contributed by atoms with Crippen molar-refractivity contribution in [3.63, 3.8) is 0 Å². The number of ketones is 1. The fraction of sp³-hybridized carbons (Fsp3) is 0.280. The Kier molecular flexibility index (Phi) is 3.55. The lowest BCUT2D eigenvalue weighted by Crippen LogP contribution is -2.33. The van der Waals surface area contributed by atoms with Crippen LogP contribution in [-0.2, 0) is 4.79 Å². The van der Waals surface area contributed by atoms with Gasteiger partial charge in [-0.25, -0.2) is 0 Å². The maximum Gasteiger partial charge on any atom is 0.231 e. The van der Waals surface area contributed by atoms with Crippen LogP contribution in [0.3, 0.4) is 0 Å². The maximum absolute atomic E-state index is 13.4. The zero-order chi connectivity index (χ0) is 20.5. The average molecular weight is 398 g/mol. The van der Waals surface area contributed by atoms with Crippen LogP contribution < -0.4 is 14.8 Å². The van der Waals surface area contributed by atoms with Crippen molar-refractivity contribution in [2.24, 2.45) is 5.41 Å². The molecule has 3 aliphatic rings. The highest BCUT2D eigenvalue weighted by Crippen LogP contribution is 2.51. The van der Waals surface area contributed by atoms with E-state index in [9.17, 15) is 4.79 Å². The first kappa shape index (κ1) is 17.5. The van der Waals surface area contributed by atoms with Crippen molar-refractivity contribution in [3.05, 3.63) is 71.1 Å². The van der Waals surface area contributed by atoms with Gasteiger partial charge in [0.05, 0.1) is 5.52 Å². The number of nitrogens with one attached hydrogen (secondary N) is 1. The van der Waals surface area contributed by atoms with Crippen LogP contribution in [0.2, 0.25) is 0 Å². The van der Waals surface area contributed by atoms with Gasteiger partial charge in [0, 0.05) is 40.9 Å². The average Bonchev–Trinajstić information content (AvgIpc) is 3.19. The fourth-order valence-corrected chi connectivity index (χ4v) is 5.11. The van der Waals surface area contributed by atoms with Gasteiger partial charge in [0.25, 0.3) is 0 Å². The number of benzene rings is 2. The van der Waals surface area contributed by atoms with Crippen molar-refractivity contribution in [2.75, 3.05) is 12.1 Å². The molecule has 3 heterocycles. The second-order valence-corrected chi connectivity index (χ2v) is 9.10. The van der Waals surface area contributed by atoms with Gasteiger partial charge in [-0.2, -0.15) is 0 Å². The van der Waals surface area contributed by atoms with Crippen molar-refractivity contribution >= 4 is 22.4 Å². The molecule has 0 amide bonds. The number of Topliss-reactive ketones (excluding diaryl/α,β-unsaturated/α-hetero) is 1. The van der Waals surface area contributed by atoms with Gasteiger partial charge in [-0.3, -0.25) is 9.78 Å².